The fourth-order valence-electron chi connectivity index (χ4n) is 3.30. The Kier molecular flexibility index (Phi) is 5.04. The van der Waals surface area contributed by atoms with Crippen molar-refractivity contribution in [2.24, 2.45) is 5.92 Å². The molecule has 1 N–H and O–H groups in total. The molecule has 2 heterocycles. The molecular formula is C19H20ClN5O3S. The minimum atomic E-state index is -3.25. The predicted octanol–water partition coefficient (Wildman–Crippen LogP) is 2.83. The molecule has 1 saturated carbocycles. The number of halogens is 1. The van der Waals surface area contributed by atoms with E-state index in [2.05, 4.69) is 20.3 Å². The summed E-state index contributed by atoms with van der Waals surface area (Å²) in [5, 5.41) is 3.14. The van der Waals surface area contributed by atoms with Gasteiger partial charge in [-0.3, -0.25) is 9.36 Å². The van der Waals surface area contributed by atoms with Crippen LogP contribution in [0.4, 0.5) is 5.82 Å². The van der Waals surface area contributed by atoms with E-state index in [1.165, 1.54) is 6.20 Å². The summed E-state index contributed by atoms with van der Waals surface area (Å²) in [5.74, 6) is 0.631. The van der Waals surface area contributed by atoms with E-state index in [1.807, 2.05) is 6.92 Å². The minimum Gasteiger partial charge on any atom is -0.361 e. The third kappa shape index (κ3) is 4.11. The number of benzene rings is 1. The molecule has 0 spiro atoms. The molecule has 0 aliphatic heterocycles. The molecule has 10 heteroatoms. The zero-order chi connectivity index (χ0) is 20.8. The van der Waals surface area contributed by atoms with Gasteiger partial charge in [0.2, 0.25) is 5.28 Å². The van der Waals surface area contributed by atoms with Gasteiger partial charge < -0.3 is 5.32 Å². The number of sulfone groups is 1. The normalized spacial score (nSPS) is 15.4. The fourth-order valence-corrected chi connectivity index (χ4v) is 4.06. The van der Waals surface area contributed by atoms with Crippen LogP contribution in [0.15, 0.2) is 40.2 Å². The molecule has 0 unspecified atom stereocenters. The van der Waals surface area contributed by atoms with E-state index in [1.54, 1.807) is 28.8 Å². The molecule has 1 aliphatic carbocycles. The van der Waals surface area contributed by atoms with Crippen molar-refractivity contribution in [3.05, 3.63) is 51.7 Å². The molecule has 8 nitrogen and oxygen atoms in total. The second-order valence-corrected chi connectivity index (χ2v) is 9.68. The Bertz CT molecular complexity index is 1240. The van der Waals surface area contributed by atoms with Crippen LogP contribution in [-0.4, -0.2) is 34.2 Å². The molecule has 1 atom stereocenters. The van der Waals surface area contributed by atoms with Crippen molar-refractivity contribution in [1.29, 1.82) is 0 Å². The predicted molar refractivity (Wildman–Crippen MR) is 111 cm³/mol. The zero-order valence-electron chi connectivity index (χ0n) is 16.0. The Morgan fingerprint density at radius 2 is 1.93 bits per heavy atom. The summed E-state index contributed by atoms with van der Waals surface area (Å²) in [6.45, 7) is 2.33. The largest absolute Gasteiger partial charge is 0.361 e. The van der Waals surface area contributed by atoms with Crippen LogP contribution in [0.25, 0.3) is 11.2 Å². The molecule has 2 aromatic heterocycles. The number of hydrogen-bond donors (Lipinski definition) is 1. The molecule has 0 saturated heterocycles. The average molecular weight is 434 g/mol. The highest BCUT2D eigenvalue weighted by Gasteiger charge is 2.31. The van der Waals surface area contributed by atoms with Gasteiger partial charge in [0.15, 0.2) is 21.3 Å². The zero-order valence-corrected chi connectivity index (χ0v) is 17.5. The van der Waals surface area contributed by atoms with E-state index in [9.17, 15) is 13.2 Å². The first-order valence-electron chi connectivity index (χ1n) is 9.21. The van der Waals surface area contributed by atoms with Crippen LogP contribution in [0.2, 0.25) is 5.28 Å². The number of anilines is 1. The maximum atomic E-state index is 13.1. The van der Waals surface area contributed by atoms with Gasteiger partial charge in [-0.1, -0.05) is 12.1 Å². The summed E-state index contributed by atoms with van der Waals surface area (Å²) in [6, 6.07) is 6.48. The average Bonchev–Trinajstić information content (AvgIpc) is 3.51. The van der Waals surface area contributed by atoms with Gasteiger partial charge in [0.25, 0.3) is 5.56 Å². The quantitative estimate of drug-likeness (QED) is 0.595. The van der Waals surface area contributed by atoms with Crippen molar-refractivity contribution in [2.45, 2.75) is 37.2 Å². The highest BCUT2D eigenvalue weighted by atomic mass is 35.5. The lowest BCUT2D eigenvalue weighted by molar-refractivity contribution is 0.482. The first-order chi connectivity index (χ1) is 13.7. The molecule has 1 aliphatic rings. The van der Waals surface area contributed by atoms with Crippen LogP contribution in [0, 0.1) is 5.92 Å². The standard InChI is InChI=1S/C19H20ClN5O3S/c1-11(13-5-6-13)25-17-15(10-22-19(20)24-17)23-16(18(25)26)21-9-12-3-7-14(8-4-12)29(2,27)28/h3-4,7-8,10-11,13H,5-6,9H2,1-2H3,(H,21,23)/t11-/m0/s1. The van der Waals surface area contributed by atoms with Gasteiger partial charge in [0, 0.05) is 18.8 Å². The Hall–Kier alpha value is -2.52. The molecular weight excluding hydrogens is 414 g/mol. The van der Waals surface area contributed by atoms with E-state index < -0.39 is 9.84 Å². The van der Waals surface area contributed by atoms with Crippen molar-refractivity contribution in [3.8, 4) is 0 Å². The Labute approximate surface area is 172 Å². The molecule has 1 aromatic carbocycles. The highest BCUT2D eigenvalue weighted by molar-refractivity contribution is 7.90. The smallest absolute Gasteiger partial charge is 0.295 e. The SMILES string of the molecule is C[C@@H](C1CC1)n1c(=O)c(NCc2ccc(S(C)(=O)=O)cc2)nc2cnc(Cl)nc21. The molecule has 0 amide bonds. The highest BCUT2D eigenvalue weighted by Crippen LogP contribution is 2.39. The summed E-state index contributed by atoms with van der Waals surface area (Å²) in [7, 11) is -3.25. The summed E-state index contributed by atoms with van der Waals surface area (Å²) in [6.07, 6.45) is 4.82. The summed E-state index contributed by atoms with van der Waals surface area (Å²) >= 11 is 5.94. The molecule has 1 fully saturated rings. The van der Waals surface area contributed by atoms with Crippen molar-refractivity contribution in [3.63, 3.8) is 0 Å². The van der Waals surface area contributed by atoms with Gasteiger partial charge in [-0.15, -0.1) is 0 Å². The van der Waals surface area contributed by atoms with Gasteiger partial charge in [-0.2, -0.15) is 4.98 Å². The Balaban J connectivity index is 1.68. The second kappa shape index (κ2) is 7.38. The van der Waals surface area contributed by atoms with Crippen LogP contribution in [0.1, 0.15) is 31.4 Å². The van der Waals surface area contributed by atoms with Gasteiger partial charge in [-0.05, 0) is 55.0 Å². The van der Waals surface area contributed by atoms with E-state index in [4.69, 9.17) is 11.6 Å². The lowest BCUT2D eigenvalue weighted by Gasteiger charge is -2.18. The number of aromatic nitrogens is 4. The van der Waals surface area contributed by atoms with Crippen LogP contribution in [0.5, 0.6) is 0 Å². The molecule has 29 heavy (non-hydrogen) atoms. The van der Waals surface area contributed by atoms with E-state index in [0.29, 0.717) is 23.6 Å². The van der Waals surface area contributed by atoms with E-state index in [0.717, 1.165) is 24.7 Å². The van der Waals surface area contributed by atoms with Crippen molar-refractivity contribution in [2.75, 3.05) is 11.6 Å². The lowest BCUT2D eigenvalue weighted by Crippen LogP contribution is -2.29. The third-order valence-corrected chi connectivity index (χ3v) is 6.44. The van der Waals surface area contributed by atoms with Gasteiger partial charge >= 0.3 is 0 Å². The maximum absolute atomic E-state index is 13.1. The second-order valence-electron chi connectivity index (χ2n) is 7.33. The van der Waals surface area contributed by atoms with Crippen LogP contribution >= 0.6 is 11.6 Å². The number of rotatable bonds is 6. The van der Waals surface area contributed by atoms with E-state index in [-0.39, 0.29) is 27.6 Å². The molecule has 0 bridgehead atoms. The first kappa shape index (κ1) is 19.8. The van der Waals surface area contributed by atoms with Crippen molar-refractivity contribution in [1.82, 2.24) is 19.5 Å². The minimum absolute atomic E-state index is 0.0199. The van der Waals surface area contributed by atoms with Crippen LogP contribution in [-0.2, 0) is 16.4 Å². The molecule has 3 aromatic rings. The Morgan fingerprint density at radius 1 is 1.24 bits per heavy atom. The van der Waals surface area contributed by atoms with Gasteiger partial charge in [0.05, 0.1) is 11.1 Å². The number of fused-ring (bicyclic) bond motifs is 1. The van der Waals surface area contributed by atoms with Crippen LogP contribution < -0.4 is 10.9 Å². The molecule has 0 radical (unpaired) electrons. The lowest BCUT2D eigenvalue weighted by atomic mass is 10.2. The monoisotopic (exact) mass is 433 g/mol. The van der Waals surface area contributed by atoms with Crippen molar-refractivity contribution < 1.29 is 8.42 Å². The number of nitrogens with one attached hydrogen (secondary N) is 1. The number of nitrogens with zero attached hydrogens (tertiary/aromatic N) is 4. The summed E-state index contributed by atoms with van der Waals surface area (Å²) < 4.78 is 24.8. The van der Waals surface area contributed by atoms with E-state index >= 15 is 0 Å². The third-order valence-electron chi connectivity index (χ3n) is 5.13. The van der Waals surface area contributed by atoms with Gasteiger partial charge in [0.1, 0.15) is 5.52 Å². The summed E-state index contributed by atoms with van der Waals surface area (Å²) in [5.41, 5.74) is 1.47. The van der Waals surface area contributed by atoms with Crippen LogP contribution in [0.3, 0.4) is 0 Å². The van der Waals surface area contributed by atoms with Crippen molar-refractivity contribution >= 4 is 38.4 Å². The molecule has 4 rings (SSSR count). The van der Waals surface area contributed by atoms with Gasteiger partial charge in [-0.25, -0.2) is 18.4 Å². The molecule has 152 valence electrons. The first-order valence-corrected chi connectivity index (χ1v) is 11.5. The Morgan fingerprint density at radius 3 is 2.55 bits per heavy atom. The topological polar surface area (TPSA) is 107 Å². The number of hydrogen-bond acceptors (Lipinski definition) is 7. The maximum Gasteiger partial charge on any atom is 0.295 e. The summed E-state index contributed by atoms with van der Waals surface area (Å²) in [4.78, 5) is 26.0. The fraction of sp³-hybridized carbons (Fsp3) is 0.368.